The Morgan fingerprint density at radius 1 is 1.30 bits per heavy atom. The smallest absolute Gasteiger partial charge is 0.241 e. The molecule has 2 rings (SSSR count). The Balaban J connectivity index is 2.04. The Labute approximate surface area is 135 Å². The maximum Gasteiger partial charge on any atom is 0.241 e. The molecule has 0 saturated heterocycles. The van der Waals surface area contributed by atoms with E-state index in [2.05, 4.69) is 10.3 Å². The molecule has 0 aliphatic carbocycles. The molecule has 0 unspecified atom stereocenters. The van der Waals surface area contributed by atoms with Gasteiger partial charge in [0.2, 0.25) is 11.8 Å². The number of aromatic nitrogens is 1. The maximum absolute atomic E-state index is 11.7. The highest BCUT2D eigenvalue weighted by Gasteiger charge is 2.11. The van der Waals surface area contributed by atoms with Crippen LogP contribution in [-0.2, 0) is 11.2 Å². The molecule has 1 amide bonds. The van der Waals surface area contributed by atoms with Crippen molar-refractivity contribution in [1.29, 1.82) is 0 Å². The zero-order chi connectivity index (χ0) is 16.8. The van der Waals surface area contributed by atoms with Crippen LogP contribution in [0.25, 0.3) is 0 Å². The molecule has 2 aromatic rings. The van der Waals surface area contributed by atoms with E-state index < -0.39 is 6.04 Å². The molecule has 0 radical (unpaired) electrons. The van der Waals surface area contributed by atoms with Crippen molar-refractivity contribution in [2.45, 2.75) is 32.7 Å². The van der Waals surface area contributed by atoms with Gasteiger partial charge in [-0.2, -0.15) is 0 Å². The average molecular weight is 314 g/mol. The number of ether oxygens (including phenoxy) is 1. The number of nitrogen functional groups attached to an aromatic ring is 1. The SMILES string of the molecule is CCc1cc(Oc2ccc(NC(=O)[C@H](N)CC)cn2)ccc1N. The molecule has 0 aliphatic rings. The Morgan fingerprint density at radius 3 is 2.70 bits per heavy atom. The summed E-state index contributed by atoms with van der Waals surface area (Å²) in [6.07, 6.45) is 2.95. The summed E-state index contributed by atoms with van der Waals surface area (Å²) in [5.74, 6) is 0.886. The molecule has 0 saturated carbocycles. The first-order valence-corrected chi connectivity index (χ1v) is 7.62. The van der Waals surface area contributed by atoms with Crippen LogP contribution < -0.4 is 21.5 Å². The Bertz CT molecular complexity index is 671. The van der Waals surface area contributed by atoms with E-state index in [1.807, 2.05) is 26.0 Å². The van der Waals surface area contributed by atoms with Gasteiger partial charge in [0.1, 0.15) is 5.75 Å². The van der Waals surface area contributed by atoms with E-state index in [0.29, 0.717) is 23.7 Å². The third kappa shape index (κ3) is 4.43. The van der Waals surface area contributed by atoms with Gasteiger partial charge in [0.25, 0.3) is 0 Å². The molecule has 1 aromatic heterocycles. The first-order valence-electron chi connectivity index (χ1n) is 7.62. The molecule has 23 heavy (non-hydrogen) atoms. The number of benzene rings is 1. The van der Waals surface area contributed by atoms with Crippen LogP contribution in [0.5, 0.6) is 11.6 Å². The zero-order valence-corrected chi connectivity index (χ0v) is 13.4. The highest BCUT2D eigenvalue weighted by Crippen LogP contribution is 2.24. The van der Waals surface area contributed by atoms with Crippen LogP contribution in [0.2, 0.25) is 0 Å². The normalized spacial score (nSPS) is 11.8. The number of amides is 1. The third-order valence-corrected chi connectivity index (χ3v) is 3.50. The van der Waals surface area contributed by atoms with Crippen LogP contribution in [0.15, 0.2) is 36.5 Å². The predicted molar refractivity (Wildman–Crippen MR) is 91.4 cm³/mol. The number of carbonyl (C=O) groups is 1. The number of aryl methyl sites for hydroxylation is 1. The van der Waals surface area contributed by atoms with Crippen molar-refractivity contribution in [3.8, 4) is 11.6 Å². The van der Waals surface area contributed by atoms with E-state index in [0.717, 1.165) is 17.7 Å². The van der Waals surface area contributed by atoms with Gasteiger partial charge in [0.15, 0.2) is 0 Å². The second kappa shape index (κ2) is 7.60. The van der Waals surface area contributed by atoms with Crippen molar-refractivity contribution in [3.63, 3.8) is 0 Å². The minimum Gasteiger partial charge on any atom is -0.439 e. The summed E-state index contributed by atoms with van der Waals surface area (Å²) in [5.41, 5.74) is 13.9. The first-order chi connectivity index (χ1) is 11.0. The van der Waals surface area contributed by atoms with Crippen molar-refractivity contribution in [2.75, 3.05) is 11.1 Å². The number of hydrogen-bond donors (Lipinski definition) is 3. The molecular weight excluding hydrogens is 292 g/mol. The highest BCUT2D eigenvalue weighted by atomic mass is 16.5. The second-order valence-corrected chi connectivity index (χ2v) is 5.21. The van der Waals surface area contributed by atoms with Crippen molar-refractivity contribution in [1.82, 2.24) is 4.98 Å². The number of anilines is 2. The summed E-state index contributed by atoms with van der Waals surface area (Å²) in [4.78, 5) is 15.9. The third-order valence-electron chi connectivity index (χ3n) is 3.50. The fraction of sp³-hybridized carbons (Fsp3) is 0.294. The molecule has 1 atom stereocenters. The summed E-state index contributed by atoms with van der Waals surface area (Å²) >= 11 is 0. The van der Waals surface area contributed by atoms with Gasteiger partial charge in [0, 0.05) is 11.8 Å². The molecule has 0 fully saturated rings. The lowest BCUT2D eigenvalue weighted by molar-refractivity contribution is -0.117. The Morgan fingerprint density at radius 2 is 2.09 bits per heavy atom. The topological polar surface area (TPSA) is 103 Å². The largest absolute Gasteiger partial charge is 0.439 e. The van der Waals surface area contributed by atoms with Gasteiger partial charge in [-0.1, -0.05) is 13.8 Å². The fourth-order valence-electron chi connectivity index (χ4n) is 2.01. The molecule has 1 aromatic carbocycles. The number of nitrogens with two attached hydrogens (primary N) is 2. The van der Waals surface area contributed by atoms with Gasteiger partial charge < -0.3 is 21.5 Å². The first kappa shape index (κ1) is 16.8. The monoisotopic (exact) mass is 314 g/mol. The molecule has 0 spiro atoms. The van der Waals surface area contributed by atoms with Crippen LogP contribution in [0.4, 0.5) is 11.4 Å². The van der Waals surface area contributed by atoms with Gasteiger partial charge >= 0.3 is 0 Å². The van der Waals surface area contributed by atoms with E-state index >= 15 is 0 Å². The summed E-state index contributed by atoms with van der Waals surface area (Å²) in [7, 11) is 0. The van der Waals surface area contributed by atoms with Crippen LogP contribution in [0.1, 0.15) is 25.8 Å². The maximum atomic E-state index is 11.7. The average Bonchev–Trinajstić information content (AvgIpc) is 2.57. The van der Waals surface area contributed by atoms with E-state index in [-0.39, 0.29) is 5.91 Å². The molecule has 6 nitrogen and oxygen atoms in total. The number of hydrogen-bond acceptors (Lipinski definition) is 5. The van der Waals surface area contributed by atoms with Crippen LogP contribution >= 0.6 is 0 Å². The van der Waals surface area contributed by atoms with Crippen molar-refractivity contribution < 1.29 is 9.53 Å². The second-order valence-electron chi connectivity index (χ2n) is 5.21. The number of nitrogens with zero attached hydrogens (tertiary/aromatic N) is 1. The molecule has 6 heteroatoms. The summed E-state index contributed by atoms with van der Waals surface area (Å²) in [5, 5.41) is 2.71. The van der Waals surface area contributed by atoms with Gasteiger partial charge in [-0.15, -0.1) is 0 Å². The number of rotatable bonds is 6. The van der Waals surface area contributed by atoms with Crippen molar-refractivity contribution in [3.05, 3.63) is 42.1 Å². The minimum atomic E-state index is -0.520. The van der Waals surface area contributed by atoms with Crippen LogP contribution in [0, 0.1) is 0 Å². The molecule has 1 heterocycles. The van der Waals surface area contributed by atoms with Gasteiger partial charge in [-0.25, -0.2) is 4.98 Å². The van der Waals surface area contributed by atoms with Gasteiger partial charge in [-0.05, 0) is 42.7 Å². The highest BCUT2D eigenvalue weighted by molar-refractivity contribution is 5.94. The van der Waals surface area contributed by atoms with E-state index in [9.17, 15) is 4.79 Å². The van der Waals surface area contributed by atoms with Gasteiger partial charge in [0.05, 0.1) is 17.9 Å². The van der Waals surface area contributed by atoms with Crippen LogP contribution in [0.3, 0.4) is 0 Å². The standard InChI is InChI=1S/C17H22N4O2/c1-3-11-9-13(6-7-15(11)19)23-16-8-5-12(10-20-16)21-17(22)14(18)4-2/h5-10,14H,3-4,18-19H2,1-2H3,(H,21,22)/t14-/m1/s1. The molecule has 122 valence electrons. The van der Waals surface area contributed by atoms with E-state index in [4.69, 9.17) is 16.2 Å². The summed E-state index contributed by atoms with van der Waals surface area (Å²) < 4.78 is 5.70. The quantitative estimate of drug-likeness (QED) is 0.711. The fourth-order valence-corrected chi connectivity index (χ4v) is 2.01. The Kier molecular flexibility index (Phi) is 5.54. The predicted octanol–water partition coefficient (Wildman–Crippen LogP) is 2.69. The summed E-state index contributed by atoms with van der Waals surface area (Å²) in [6.45, 7) is 3.89. The number of nitrogens with one attached hydrogen (secondary N) is 1. The van der Waals surface area contributed by atoms with E-state index in [1.165, 1.54) is 6.20 Å². The lowest BCUT2D eigenvalue weighted by Gasteiger charge is -2.11. The summed E-state index contributed by atoms with van der Waals surface area (Å²) in [6, 6.07) is 8.40. The van der Waals surface area contributed by atoms with Crippen LogP contribution in [-0.4, -0.2) is 16.9 Å². The number of pyridine rings is 1. The molecular formula is C17H22N4O2. The molecule has 0 bridgehead atoms. The lowest BCUT2D eigenvalue weighted by atomic mass is 10.1. The number of carbonyl (C=O) groups excluding carboxylic acids is 1. The molecule has 5 N–H and O–H groups in total. The van der Waals surface area contributed by atoms with Gasteiger partial charge in [-0.3, -0.25) is 4.79 Å². The Hall–Kier alpha value is -2.60. The zero-order valence-electron chi connectivity index (χ0n) is 13.4. The lowest BCUT2D eigenvalue weighted by Crippen LogP contribution is -2.34. The van der Waals surface area contributed by atoms with Crippen molar-refractivity contribution in [2.24, 2.45) is 5.73 Å². The van der Waals surface area contributed by atoms with E-state index in [1.54, 1.807) is 18.2 Å². The molecule has 0 aliphatic heterocycles. The van der Waals surface area contributed by atoms with Crippen molar-refractivity contribution >= 4 is 17.3 Å². The minimum absolute atomic E-state index is 0.228.